The minimum Gasteiger partial charge on any atom is -0.496 e. The summed E-state index contributed by atoms with van der Waals surface area (Å²) in [5.41, 5.74) is 1.10. The average Bonchev–Trinajstić information content (AvgIpc) is 2.94. The van der Waals surface area contributed by atoms with Crippen LogP contribution in [0.5, 0.6) is 5.75 Å². The lowest BCUT2D eigenvalue weighted by molar-refractivity contribution is -0.128. The Labute approximate surface area is 136 Å². The molecule has 0 aliphatic carbocycles. The fourth-order valence-corrected chi connectivity index (χ4v) is 4.25. The quantitative estimate of drug-likeness (QED) is 0.882. The molecule has 22 heavy (non-hydrogen) atoms. The largest absolute Gasteiger partial charge is 0.496 e. The van der Waals surface area contributed by atoms with Gasteiger partial charge in [0.2, 0.25) is 5.91 Å². The molecule has 6 heteroatoms. The van der Waals surface area contributed by atoms with Gasteiger partial charge < -0.3 is 15.0 Å². The monoisotopic (exact) mass is 321 g/mol. The maximum Gasteiger partial charge on any atom is 0.233 e. The first kappa shape index (κ1) is 15.6. The highest BCUT2D eigenvalue weighted by Gasteiger charge is 2.34. The number of rotatable bonds is 5. The number of hydrogen-bond acceptors (Lipinski definition) is 5. The van der Waals surface area contributed by atoms with Crippen molar-refractivity contribution in [2.75, 3.05) is 52.1 Å². The summed E-state index contributed by atoms with van der Waals surface area (Å²) >= 11 is 1.69. The van der Waals surface area contributed by atoms with Crippen molar-refractivity contribution in [2.24, 2.45) is 0 Å². The number of hydrogen-bond donors (Lipinski definition) is 1. The molecule has 2 fully saturated rings. The molecule has 120 valence electrons. The van der Waals surface area contributed by atoms with E-state index < -0.39 is 0 Å². The number of ether oxygens (including phenoxy) is 1. The Bertz CT molecular complexity index is 520. The lowest BCUT2D eigenvalue weighted by Gasteiger charge is -2.31. The van der Waals surface area contributed by atoms with E-state index in [1.807, 2.05) is 23.1 Å². The maximum atomic E-state index is 12.3. The Kier molecular flexibility index (Phi) is 5.23. The van der Waals surface area contributed by atoms with E-state index in [1.165, 1.54) is 0 Å². The summed E-state index contributed by atoms with van der Waals surface area (Å²) in [5.74, 6) is 1.66. The fraction of sp³-hybridized carbons (Fsp3) is 0.562. The van der Waals surface area contributed by atoms with E-state index in [0.717, 1.165) is 50.6 Å². The van der Waals surface area contributed by atoms with Crippen molar-refractivity contribution in [3.8, 4) is 5.75 Å². The fourth-order valence-electron chi connectivity index (χ4n) is 3.01. The molecule has 2 aliphatic rings. The standard InChI is InChI=1S/C16H23N3O2S/c1-21-14-5-3-2-4-13(14)16-19(15(20)12-22-16)11-10-18-8-6-17-7-9-18/h2-5,16-17H,6-12H2,1H3. The van der Waals surface area contributed by atoms with Crippen LogP contribution in [0, 0.1) is 0 Å². The van der Waals surface area contributed by atoms with Crippen LogP contribution in [0.15, 0.2) is 24.3 Å². The smallest absolute Gasteiger partial charge is 0.233 e. The molecule has 0 spiro atoms. The Morgan fingerprint density at radius 1 is 1.27 bits per heavy atom. The third-order valence-electron chi connectivity index (χ3n) is 4.24. The average molecular weight is 321 g/mol. The molecule has 1 atom stereocenters. The second kappa shape index (κ2) is 7.35. The molecule has 2 aliphatic heterocycles. The van der Waals surface area contributed by atoms with Crippen molar-refractivity contribution >= 4 is 17.7 Å². The van der Waals surface area contributed by atoms with E-state index in [1.54, 1.807) is 18.9 Å². The van der Waals surface area contributed by atoms with Gasteiger partial charge in [-0.3, -0.25) is 9.69 Å². The summed E-state index contributed by atoms with van der Waals surface area (Å²) < 4.78 is 5.47. The number of para-hydroxylation sites is 1. The molecule has 0 radical (unpaired) electrons. The molecule has 1 amide bonds. The first-order chi connectivity index (χ1) is 10.8. The number of carbonyl (C=O) groups is 1. The van der Waals surface area contributed by atoms with Gasteiger partial charge in [0, 0.05) is 44.8 Å². The molecule has 2 saturated heterocycles. The van der Waals surface area contributed by atoms with Gasteiger partial charge in [-0.05, 0) is 6.07 Å². The highest BCUT2D eigenvalue weighted by Crippen LogP contribution is 2.42. The predicted octanol–water partition coefficient (Wildman–Crippen LogP) is 1.17. The Balaban J connectivity index is 1.69. The zero-order valence-electron chi connectivity index (χ0n) is 13.0. The molecule has 1 unspecified atom stereocenters. The number of piperazine rings is 1. The Morgan fingerprint density at radius 2 is 2.05 bits per heavy atom. The van der Waals surface area contributed by atoms with Crippen LogP contribution in [0.25, 0.3) is 0 Å². The topological polar surface area (TPSA) is 44.8 Å². The number of nitrogens with zero attached hydrogens (tertiary/aromatic N) is 2. The van der Waals surface area contributed by atoms with Crippen molar-refractivity contribution in [3.63, 3.8) is 0 Å². The minimum atomic E-state index is 0.0755. The lowest BCUT2D eigenvalue weighted by atomic mass is 10.2. The van der Waals surface area contributed by atoms with E-state index in [2.05, 4.69) is 16.3 Å². The van der Waals surface area contributed by atoms with Gasteiger partial charge in [0.1, 0.15) is 11.1 Å². The van der Waals surface area contributed by atoms with Crippen LogP contribution in [0.1, 0.15) is 10.9 Å². The molecule has 0 saturated carbocycles. The number of amides is 1. The normalized spacial score (nSPS) is 23.0. The molecule has 1 aromatic carbocycles. The summed E-state index contributed by atoms with van der Waals surface area (Å²) in [6.07, 6.45) is 0. The zero-order valence-corrected chi connectivity index (χ0v) is 13.8. The van der Waals surface area contributed by atoms with Gasteiger partial charge in [0.15, 0.2) is 0 Å². The first-order valence-corrected chi connectivity index (χ1v) is 8.81. The number of benzene rings is 1. The third kappa shape index (κ3) is 3.39. The van der Waals surface area contributed by atoms with Crippen molar-refractivity contribution in [1.82, 2.24) is 15.1 Å². The molecular formula is C16H23N3O2S. The van der Waals surface area contributed by atoms with Gasteiger partial charge in [-0.2, -0.15) is 0 Å². The summed E-state index contributed by atoms with van der Waals surface area (Å²) in [6.45, 7) is 5.94. The summed E-state index contributed by atoms with van der Waals surface area (Å²) in [6, 6.07) is 8.00. The van der Waals surface area contributed by atoms with E-state index in [9.17, 15) is 4.79 Å². The Hall–Kier alpha value is -1.24. The van der Waals surface area contributed by atoms with Crippen molar-refractivity contribution < 1.29 is 9.53 Å². The number of methoxy groups -OCH3 is 1. The number of nitrogens with one attached hydrogen (secondary N) is 1. The minimum absolute atomic E-state index is 0.0755. The lowest BCUT2D eigenvalue weighted by Crippen LogP contribution is -2.46. The zero-order chi connectivity index (χ0) is 15.4. The SMILES string of the molecule is COc1ccccc1C1SCC(=O)N1CCN1CCNCC1. The first-order valence-electron chi connectivity index (χ1n) is 7.76. The summed E-state index contributed by atoms with van der Waals surface area (Å²) in [5, 5.41) is 3.43. The van der Waals surface area contributed by atoms with Crippen molar-refractivity contribution in [2.45, 2.75) is 5.37 Å². The predicted molar refractivity (Wildman–Crippen MR) is 89.2 cm³/mol. The summed E-state index contributed by atoms with van der Waals surface area (Å²) in [4.78, 5) is 16.7. The summed E-state index contributed by atoms with van der Waals surface area (Å²) in [7, 11) is 1.69. The third-order valence-corrected chi connectivity index (χ3v) is 5.48. The molecule has 0 bridgehead atoms. The van der Waals surface area contributed by atoms with E-state index >= 15 is 0 Å². The van der Waals surface area contributed by atoms with Gasteiger partial charge in [0.05, 0.1) is 12.9 Å². The van der Waals surface area contributed by atoms with Crippen molar-refractivity contribution in [3.05, 3.63) is 29.8 Å². The highest BCUT2D eigenvalue weighted by atomic mass is 32.2. The van der Waals surface area contributed by atoms with Gasteiger partial charge in [0.25, 0.3) is 0 Å². The molecule has 5 nitrogen and oxygen atoms in total. The van der Waals surface area contributed by atoms with Gasteiger partial charge in [-0.15, -0.1) is 11.8 Å². The van der Waals surface area contributed by atoms with Gasteiger partial charge in [-0.25, -0.2) is 0 Å². The van der Waals surface area contributed by atoms with Crippen LogP contribution in [0.3, 0.4) is 0 Å². The van der Waals surface area contributed by atoms with Crippen LogP contribution >= 0.6 is 11.8 Å². The van der Waals surface area contributed by atoms with E-state index in [-0.39, 0.29) is 11.3 Å². The van der Waals surface area contributed by atoms with Crippen LogP contribution in [-0.4, -0.2) is 67.8 Å². The molecule has 1 N–H and O–H groups in total. The van der Waals surface area contributed by atoms with Crippen molar-refractivity contribution in [1.29, 1.82) is 0 Å². The van der Waals surface area contributed by atoms with Gasteiger partial charge in [-0.1, -0.05) is 18.2 Å². The van der Waals surface area contributed by atoms with E-state index in [4.69, 9.17) is 4.74 Å². The van der Waals surface area contributed by atoms with E-state index in [0.29, 0.717) is 5.75 Å². The number of thioether (sulfide) groups is 1. The molecule has 1 aromatic rings. The van der Waals surface area contributed by atoms with Crippen LogP contribution in [0.2, 0.25) is 0 Å². The molecule has 2 heterocycles. The van der Waals surface area contributed by atoms with Gasteiger partial charge >= 0.3 is 0 Å². The molecule has 0 aromatic heterocycles. The Morgan fingerprint density at radius 3 is 2.82 bits per heavy atom. The van der Waals surface area contributed by atoms with Crippen LogP contribution < -0.4 is 10.1 Å². The maximum absolute atomic E-state index is 12.3. The highest BCUT2D eigenvalue weighted by molar-refractivity contribution is 8.00. The number of carbonyl (C=O) groups excluding carboxylic acids is 1. The van der Waals surface area contributed by atoms with Crippen LogP contribution in [-0.2, 0) is 4.79 Å². The van der Waals surface area contributed by atoms with Crippen LogP contribution in [0.4, 0.5) is 0 Å². The second-order valence-electron chi connectivity index (χ2n) is 5.58. The molecular weight excluding hydrogens is 298 g/mol. The molecule has 3 rings (SSSR count). The second-order valence-corrected chi connectivity index (χ2v) is 6.65.